The fraction of sp³-hybridized carbons (Fsp3) is 0.533. The highest BCUT2D eigenvalue weighted by atomic mass is 16.5. The summed E-state index contributed by atoms with van der Waals surface area (Å²) in [5.74, 6) is 1.71. The molecule has 19 heavy (non-hydrogen) atoms. The highest BCUT2D eigenvalue weighted by molar-refractivity contribution is 5.95. The van der Waals surface area contributed by atoms with Crippen molar-refractivity contribution in [2.45, 2.75) is 20.8 Å². The van der Waals surface area contributed by atoms with E-state index in [0.717, 1.165) is 6.54 Å². The molecule has 106 valence electrons. The molecule has 0 heterocycles. The van der Waals surface area contributed by atoms with Gasteiger partial charge in [-0.25, -0.2) is 0 Å². The Morgan fingerprint density at radius 1 is 1.16 bits per heavy atom. The maximum atomic E-state index is 12.5. The zero-order valence-corrected chi connectivity index (χ0v) is 12.4. The summed E-state index contributed by atoms with van der Waals surface area (Å²) in [6.45, 7) is 7.62. The predicted octanol–water partition coefficient (Wildman–Crippen LogP) is 2.82. The molecule has 4 heteroatoms. The summed E-state index contributed by atoms with van der Waals surface area (Å²) in [7, 11) is 3.16. The number of carbonyl (C=O) groups is 1. The monoisotopic (exact) mass is 265 g/mol. The summed E-state index contributed by atoms with van der Waals surface area (Å²) in [5.41, 5.74) is 0.596. The molecule has 1 amide bonds. The van der Waals surface area contributed by atoms with Gasteiger partial charge < -0.3 is 14.4 Å². The van der Waals surface area contributed by atoms with E-state index in [4.69, 9.17) is 9.47 Å². The third kappa shape index (κ3) is 4.16. The van der Waals surface area contributed by atoms with Gasteiger partial charge in [-0.1, -0.05) is 13.8 Å². The third-order valence-electron chi connectivity index (χ3n) is 2.85. The van der Waals surface area contributed by atoms with E-state index >= 15 is 0 Å². The van der Waals surface area contributed by atoms with Crippen molar-refractivity contribution in [3.05, 3.63) is 23.8 Å². The summed E-state index contributed by atoms with van der Waals surface area (Å²) in [5, 5.41) is 0. The molecule has 0 aliphatic rings. The number of methoxy groups -OCH3 is 2. The fourth-order valence-corrected chi connectivity index (χ4v) is 1.91. The first-order valence-electron chi connectivity index (χ1n) is 6.54. The molecular weight excluding hydrogens is 242 g/mol. The Balaban J connectivity index is 3.02. The highest BCUT2D eigenvalue weighted by Crippen LogP contribution is 2.23. The van der Waals surface area contributed by atoms with Crippen molar-refractivity contribution in [1.82, 2.24) is 4.90 Å². The van der Waals surface area contributed by atoms with Crippen LogP contribution in [0.15, 0.2) is 18.2 Å². The Labute approximate surface area is 115 Å². The first kappa shape index (κ1) is 15.3. The summed E-state index contributed by atoms with van der Waals surface area (Å²) in [4.78, 5) is 14.3. The number of benzene rings is 1. The second-order valence-electron chi connectivity index (χ2n) is 4.84. The summed E-state index contributed by atoms with van der Waals surface area (Å²) < 4.78 is 10.4. The zero-order chi connectivity index (χ0) is 14.4. The van der Waals surface area contributed by atoms with Gasteiger partial charge in [0.25, 0.3) is 5.91 Å². The minimum absolute atomic E-state index is 0.00778. The molecule has 0 aliphatic heterocycles. The number of hydrogen-bond acceptors (Lipinski definition) is 3. The Morgan fingerprint density at radius 3 is 2.05 bits per heavy atom. The van der Waals surface area contributed by atoms with Gasteiger partial charge in [-0.2, -0.15) is 0 Å². The van der Waals surface area contributed by atoms with E-state index in [9.17, 15) is 4.79 Å². The Morgan fingerprint density at radius 2 is 1.68 bits per heavy atom. The molecule has 0 bridgehead atoms. The van der Waals surface area contributed by atoms with Crippen molar-refractivity contribution >= 4 is 5.91 Å². The molecule has 0 atom stereocenters. The van der Waals surface area contributed by atoms with Gasteiger partial charge in [0.05, 0.1) is 14.2 Å². The first-order valence-corrected chi connectivity index (χ1v) is 6.54. The summed E-state index contributed by atoms with van der Waals surface area (Å²) in [6.07, 6.45) is 0. The van der Waals surface area contributed by atoms with E-state index in [0.29, 0.717) is 29.5 Å². The van der Waals surface area contributed by atoms with E-state index in [1.165, 1.54) is 0 Å². The first-order chi connectivity index (χ1) is 9.01. The van der Waals surface area contributed by atoms with Crippen molar-refractivity contribution in [2.24, 2.45) is 5.92 Å². The van der Waals surface area contributed by atoms with Gasteiger partial charge in [-0.05, 0) is 25.0 Å². The molecule has 0 aromatic heterocycles. The van der Waals surface area contributed by atoms with Crippen LogP contribution in [0.3, 0.4) is 0 Å². The fourth-order valence-electron chi connectivity index (χ4n) is 1.91. The van der Waals surface area contributed by atoms with Gasteiger partial charge in [0, 0.05) is 24.7 Å². The topological polar surface area (TPSA) is 38.8 Å². The van der Waals surface area contributed by atoms with Gasteiger partial charge in [0.15, 0.2) is 0 Å². The van der Waals surface area contributed by atoms with Crippen LogP contribution in [-0.2, 0) is 0 Å². The lowest BCUT2D eigenvalue weighted by atomic mass is 10.1. The van der Waals surface area contributed by atoms with Crippen LogP contribution in [0.2, 0.25) is 0 Å². The van der Waals surface area contributed by atoms with Crippen LogP contribution < -0.4 is 9.47 Å². The van der Waals surface area contributed by atoms with Crippen LogP contribution >= 0.6 is 0 Å². The zero-order valence-electron chi connectivity index (χ0n) is 12.4. The number of nitrogens with zero attached hydrogens (tertiary/aromatic N) is 1. The standard InChI is InChI=1S/C15H23NO3/c1-6-16(10-11(2)3)15(17)12-7-13(18-4)9-14(8-12)19-5/h7-9,11H,6,10H2,1-5H3. The normalized spacial score (nSPS) is 10.4. The molecular formula is C15H23NO3. The van der Waals surface area contributed by atoms with E-state index in [-0.39, 0.29) is 5.91 Å². The Bertz CT molecular complexity index is 407. The minimum Gasteiger partial charge on any atom is -0.497 e. The molecule has 1 rings (SSSR count). The molecule has 0 unspecified atom stereocenters. The molecule has 0 spiro atoms. The van der Waals surface area contributed by atoms with Crippen LogP contribution in [-0.4, -0.2) is 38.1 Å². The molecule has 0 saturated carbocycles. The lowest BCUT2D eigenvalue weighted by molar-refractivity contribution is 0.0745. The van der Waals surface area contributed by atoms with Gasteiger partial charge in [0.2, 0.25) is 0 Å². The predicted molar refractivity (Wildman–Crippen MR) is 76.0 cm³/mol. The van der Waals surface area contributed by atoms with E-state index in [1.807, 2.05) is 11.8 Å². The van der Waals surface area contributed by atoms with Crippen molar-refractivity contribution < 1.29 is 14.3 Å². The lowest BCUT2D eigenvalue weighted by Gasteiger charge is -2.23. The second-order valence-corrected chi connectivity index (χ2v) is 4.84. The lowest BCUT2D eigenvalue weighted by Crippen LogP contribution is -2.34. The quantitative estimate of drug-likeness (QED) is 0.794. The van der Waals surface area contributed by atoms with Crippen molar-refractivity contribution in [1.29, 1.82) is 0 Å². The van der Waals surface area contributed by atoms with E-state index in [2.05, 4.69) is 13.8 Å². The third-order valence-corrected chi connectivity index (χ3v) is 2.85. The average molecular weight is 265 g/mol. The Kier molecular flexibility index (Phi) is 5.67. The molecule has 0 aliphatic carbocycles. The molecule has 4 nitrogen and oxygen atoms in total. The van der Waals surface area contributed by atoms with Crippen LogP contribution in [0.25, 0.3) is 0 Å². The smallest absolute Gasteiger partial charge is 0.254 e. The molecule has 1 aromatic rings. The van der Waals surface area contributed by atoms with E-state index < -0.39 is 0 Å². The number of amides is 1. The molecule has 0 N–H and O–H groups in total. The average Bonchev–Trinajstić information content (AvgIpc) is 2.42. The van der Waals surface area contributed by atoms with Crippen LogP contribution in [0.1, 0.15) is 31.1 Å². The van der Waals surface area contributed by atoms with Crippen molar-refractivity contribution in [3.8, 4) is 11.5 Å². The largest absolute Gasteiger partial charge is 0.497 e. The van der Waals surface area contributed by atoms with Gasteiger partial charge in [0.1, 0.15) is 11.5 Å². The molecule has 0 fully saturated rings. The maximum Gasteiger partial charge on any atom is 0.254 e. The molecule has 0 saturated heterocycles. The van der Waals surface area contributed by atoms with Gasteiger partial charge >= 0.3 is 0 Å². The SMILES string of the molecule is CCN(CC(C)C)C(=O)c1cc(OC)cc(OC)c1. The number of ether oxygens (including phenoxy) is 2. The van der Waals surface area contributed by atoms with Crippen LogP contribution in [0.4, 0.5) is 0 Å². The van der Waals surface area contributed by atoms with Crippen molar-refractivity contribution in [2.75, 3.05) is 27.3 Å². The van der Waals surface area contributed by atoms with Gasteiger partial charge in [-0.3, -0.25) is 4.79 Å². The van der Waals surface area contributed by atoms with E-state index in [1.54, 1.807) is 32.4 Å². The number of carbonyl (C=O) groups excluding carboxylic acids is 1. The second kappa shape index (κ2) is 7.02. The molecule has 1 aromatic carbocycles. The minimum atomic E-state index is 0.00778. The number of rotatable bonds is 6. The summed E-state index contributed by atoms with van der Waals surface area (Å²) >= 11 is 0. The summed E-state index contributed by atoms with van der Waals surface area (Å²) in [6, 6.07) is 5.25. The van der Waals surface area contributed by atoms with Crippen LogP contribution in [0, 0.1) is 5.92 Å². The number of hydrogen-bond donors (Lipinski definition) is 0. The van der Waals surface area contributed by atoms with Crippen molar-refractivity contribution in [3.63, 3.8) is 0 Å². The van der Waals surface area contributed by atoms with Crippen LogP contribution in [0.5, 0.6) is 11.5 Å². The maximum absolute atomic E-state index is 12.5. The Hall–Kier alpha value is -1.71. The van der Waals surface area contributed by atoms with Gasteiger partial charge in [-0.15, -0.1) is 0 Å². The molecule has 0 radical (unpaired) electrons. The highest BCUT2D eigenvalue weighted by Gasteiger charge is 2.17.